The Morgan fingerprint density at radius 3 is 2.00 bits per heavy atom. The van der Waals surface area contributed by atoms with E-state index in [1.54, 1.807) is 4.90 Å². The minimum absolute atomic E-state index is 0.00703. The molecule has 2 rings (SSSR count). The number of carbonyl (C=O) groups excluding carboxylic acids is 1. The number of carbonyl (C=O) groups is 3. The molecule has 2 N–H and O–H groups in total. The van der Waals surface area contributed by atoms with Gasteiger partial charge < -0.3 is 15.1 Å². The van der Waals surface area contributed by atoms with Gasteiger partial charge in [-0.15, -0.1) is 0 Å². The summed E-state index contributed by atoms with van der Waals surface area (Å²) >= 11 is 0. The van der Waals surface area contributed by atoms with Crippen molar-refractivity contribution in [3.63, 3.8) is 0 Å². The van der Waals surface area contributed by atoms with Crippen LogP contribution in [0.15, 0.2) is 0 Å². The first-order chi connectivity index (χ1) is 9.00. The Labute approximate surface area is 111 Å². The van der Waals surface area contributed by atoms with Crippen molar-refractivity contribution in [2.75, 3.05) is 13.1 Å². The third-order valence-electron chi connectivity index (χ3n) is 4.25. The van der Waals surface area contributed by atoms with Crippen molar-refractivity contribution in [2.24, 2.45) is 17.8 Å². The highest BCUT2D eigenvalue weighted by atomic mass is 16.4. The number of hydrogen-bond donors (Lipinski definition) is 2. The summed E-state index contributed by atoms with van der Waals surface area (Å²) in [5, 5.41) is 18.2. The van der Waals surface area contributed by atoms with Gasteiger partial charge in [-0.2, -0.15) is 0 Å². The largest absolute Gasteiger partial charge is 0.481 e. The topological polar surface area (TPSA) is 94.9 Å². The fourth-order valence-electron chi connectivity index (χ4n) is 3.16. The first-order valence-corrected chi connectivity index (χ1v) is 6.75. The fraction of sp³-hybridized carbons (Fsp3) is 0.769. The highest BCUT2D eigenvalue weighted by molar-refractivity contribution is 5.83. The Morgan fingerprint density at radius 2 is 1.47 bits per heavy atom. The molecule has 2 aliphatic rings. The molecule has 2 fully saturated rings. The van der Waals surface area contributed by atoms with E-state index in [2.05, 4.69) is 0 Å². The molecule has 0 spiro atoms. The highest BCUT2D eigenvalue weighted by Crippen LogP contribution is 2.35. The summed E-state index contributed by atoms with van der Waals surface area (Å²) in [4.78, 5) is 36.2. The first kappa shape index (κ1) is 13.8. The van der Waals surface area contributed by atoms with Crippen molar-refractivity contribution in [2.45, 2.75) is 32.1 Å². The standard InChI is InChI=1S/C13H19NO5/c15-11(14-5-1-2-6-14)8-3-4-9(12(16)17)10(7-8)13(18)19/h8-10H,1-7H2,(H,16,17)(H,18,19)/t8?,9-,10-/m0/s1. The number of amides is 1. The molecule has 1 saturated carbocycles. The van der Waals surface area contributed by atoms with Gasteiger partial charge in [-0.05, 0) is 32.1 Å². The molecule has 6 heteroatoms. The van der Waals surface area contributed by atoms with Gasteiger partial charge in [0, 0.05) is 19.0 Å². The molecule has 0 radical (unpaired) electrons. The van der Waals surface area contributed by atoms with Crippen LogP contribution >= 0.6 is 0 Å². The lowest BCUT2D eigenvalue weighted by Gasteiger charge is -2.32. The Balaban J connectivity index is 2.03. The quantitative estimate of drug-likeness (QED) is 0.790. The lowest BCUT2D eigenvalue weighted by atomic mass is 9.73. The van der Waals surface area contributed by atoms with E-state index >= 15 is 0 Å². The number of aliphatic carboxylic acids is 2. The average molecular weight is 269 g/mol. The van der Waals surface area contributed by atoms with E-state index in [-0.39, 0.29) is 24.7 Å². The van der Waals surface area contributed by atoms with E-state index < -0.39 is 23.8 Å². The minimum atomic E-state index is -1.11. The van der Waals surface area contributed by atoms with Gasteiger partial charge in [-0.3, -0.25) is 14.4 Å². The Hall–Kier alpha value is -1.59. The molecule has 1 aliphatic heterocycles. The molecule has 19 heavy (non-hydrogen) atoms. The first-order valence-electron chi connectivity index (χ1n) is 6.75. The molecular formula is C13H19NO5. The zero-order valence-electron chi connectivity index (χ0n) is 10.7. The second-order valence-corrected chi connectivity index (χ2v) is 5.43. The van der Waals surface area contributed by atoms with Gasteiger partial charge >= 0.3 is 11.9 Å². The molecule has 1 heterocycles. The molecule has 6 nitrogen and oxygen atoms in total. The monoisotopic (exact) mass is 269 g/mol. The van der Waals surface area contributed by atoms with E-state index in [1.165, 1.54) is 0 Å². The lowest BCUT2D eigenvalue weighted by Crippen LogP contribution is -2.42. The van der Waals surface area contributed by atoms with Crippen LogP contribution in [-0.4, -0.2) is 46.0 Å². The number of carboxylic acid groups (broad SMARTS) is 2. The van der Waals surface area contributed by atoms with Crippen molar-refractivity contribution < 1.29 is 24.6 Å². The van der Waals surface area contributed by atoms with Crippen LogP contribution in [0.1, 0.15) is 32.1 Å². The summed E-state index contributed by atoms with van der Waals surface area (Å²) in [6, 6.07) is 0. The SMILES string of the molecule is O=C(O)[C@H]1CCC(C(=O)N2CCCC2)C[C@@H]1C(=O)O. The van der Waals surface area contributed by atoms with E-state index in [1.807, 2.05) is 0 Å². The maximum Gasteiger partial charge on any atom is 0.307 e. The van der Waals surface area contributed by atoms with Crippen LogP contribution < -0.4 is 0 Å². The van der Waals surface area contributed by atoms with Crippen LogP contribution in [0.25, 0.3) is 0 Å². The van der Waals surface area contributed by atoms with Gasteiger partial charge in [0.15, 0.2) is 0 Å². The lowest BCUT2D eigenvalue weighted by molar-refractivity contribution is -0.158. The van der Waals surface area contributed by atoms with Gasteiger partial charge in [0.1, 0.15) is 0 Å². The predicted molar refractivity (Wildman–Crippen MR) is 65.4 cm³/mol. The van der Waals surface area contributed by atoms with Crippen LogP contribution in [0, 0.1) is 17.8 Å². The van der Waals surface area contributed by atoms with Gasteiger partial charge in [0.25, 0.3) is 0 Å². The number of hydrogen-bond acceptors (Lipinski definition) is 3. The summed E-state index contributed by atoms with van der Waals surface area (Å²) in [6.45, 7) is 1.49. The summed E-state index contributed by atoms with van der Waals surface area (Å²) in [5.74, 6) is -4.30. The Kier molecular flexibility index (Phi) is 4.07. The molecule has 3 atom stereocenters. The fourth-order valence-corrected chi connectivity index (χ4v) is 3.16. The van der Waals surface area contributed by atoms with Gasteiger partial charge in [0.05, 0.1) is 11.8 Å². The number of rotatable bonds is 3. The van der Waals surface area contributed by atoms with Crippen LogP contribution in [0.5, 0.6) is 0 Å². The van der Waals surface area contributed by atoms with Crippen LogP contribution in [0.3, 0.4) is 0 Å². The number of carboxylic acids is 2. The molecule has 1 aliphatic carbocycles. The van der Waals surface area contributed by atoms with Crippen molar-refractivity contribution in [3.05, 3.63) is 0 Å². The molecule has 0 bridgehead atoms. The Bertz CT molecular complexity index is 388. The van der Waals surface area contributed by atoms with E-state index in [9.17, 15) is 14.4 Å². The highest BCUT2D eigenvalue weighted by Gasteiger charge is 2.42. The summed E-state index contributed by atoms with van der Waals surface area (Å²) < 4.78 is 0. The van der Waals surface area contributed by atoms with Crippen molar-refractivity contribution in [1.29, 1.82) is 0 Å². The van der Waals surface area contributed by atoms with Crippen LogP contribution in [-0.2, 0) is 14.4 Å². The summed E-state index contributed by atoms with van der Waals surface area (Å²) in [7, 11) is 0. The molecule has 1 amide bonds. The molecule has 0 aromatic carbocycles. The van der Waals surface area contributed by atoms with Crippen LogP contribution in [0.2, 0.25) is 0 Å². The molecule has 1 unspecified atom stereocenters. The molecule has 1 saturated heterocycles. The van der Waals surface area contributed by atoms with Crippen molar-refractivity contribution >= 4 is 17.8 Å². The second kappa shape index (κ2) is 5.59. The second-order valence-electron chi connectivity index (χ2n) is 5.43. The van der Waals surface area contributed by atoms with Gasteiger partial charge in [-0.1, -0.05) is 0 Å². The Morgan fingerprint density at radius 1 is 0.895 bits per heavy atom. The van der Waals surface area contributed by atoms with Crippen molar-refractivity contribution in [1.82, 2.24) is 4.90 Å². The number of likely N-dealkylation sites (tertiary alicyclic amines) is 1. The van der Waals surface area contributed by atoms with E-state index in [0.717, 1.165) is 25.9 Å². The minimum Gasteiger partial charge on any atom is -0.481 e. The normalized spacial score (nSPS) is 31.2. The molecular weight excluding hydrogens is 250 g/mol. The molecule has 0 aromatic heterocycles. The summed E-state index contributed by atoms with van der Waals surface area (Å²) in [6.07, 6.45) is 2.91. The molecule has 0 aromatic rings. The molecule has 106 valence electrons. The number of nitrogens with zero attached hydrogens (tertiary/aromatic N) is 1. The van der Waals surface area contributed by atoms with Crippen LogP contribution in [0.4, 0.5) is 0 Å². The predicted octanol–water partition coefficient (Wildman–Crippen LogP) is 0.810. The maximum absolute atomic E-state index is 12.2. The van der Waals surface area contributed by atoms with Crippen molar-refractivity contribution in [3.8, 4) is 0 Å². The zero-order valence-corrected chi connectivity index (χ0v) is 10.7. The summed E-state index contributed by atoms with van der Waals surface area (Å²) in [5.41, 5.74) is 0. The van der Waals surface area contributed by atoms with Gasteiger partial charge in [-0.25, -0.2) is 0 Å². The van der Waals surface area contributed by atoms with E-state index in [0.29, 0.717) is 6.42 Å². The third kappa shape index (κ3) is 2.88. The third-order valence-corrected chi connectivity index (χ3v) is 4.25. The average Bonchev–Trinajstić information content (AvgIpc) is 2.90. The van der Waals surface area contributed by atoms with E-state index in [4.69, 9.17) is 10.2 Å². The maximum atomic E-state index is 12.2. The zero-order chi connectivity index (χ0) is 14.0. The smallest absolute Gasteiger partial charge is 0.307 e. The van der Waals surface area contributed by atoms with Gasteiger partial charge in [0.2, 0.25) is 5.91 Å².